The normalized spacial score (nSPS) is 12.7. The van der Waals surface area contributed by atoms with Crippen LogP contribution in [-0.2, 0) is 9.53 Å². The zero-order chi connectivity index (χ0) is 13.8. The molecule has 108 valence electrons. The van der Waals surface area contributed by atoms with Crippen molar-refractivity contribution in [2.24, 2.45) is 5.92 Å². The van der Waals surface area contributed by atoms with Gasteiger partial charge >= 0.3 is 5.97 Å². The second-order valence-electron chi connectivity index (χ2n) is 5.66. The fraction of sp³-hybridized carbons (Fsp3) is 0.938. The van der Waals surface area contributed by atoms with E-state index < -0.39 is 0 Å². The Morgan fingerprint density at radius 3 is 2.22 bits per heavy atom. The lowest BCUT2D eigenvalue weighted by molar-refractivity contribution is -0.149. The highest BCUT2D eigenvalue weighted by molar-refractivity contribution is 5.69. The van der Waals surface area contributed by atoms with Gasteiger partial charge in [-0.1, -0.05) is 53.4 Å². The van der Waals surface area contributed by atoms with Crippen LogP contribution in [-0.4, -0.2) is 12.1 Å². The van der Waals surface area contributed by atoms with Crippen molar-refractivity contribution in [1.82, 2.24) is 0 Å². The van der Waals surface area contributed by atoms with E-state index in [2.05, 4.69) is 27.7 Å². The number of rotatable bonds is 11. The molecule has 0 saturated heterocycles. The van der Waals surface area contributed by atoms with Gasteiger partial charge in [0.1, 0.15) is 6.10 Å². The van der Waals surface area contributed by atoms with Crippen molar-refractivity contribution in [3.05, 3.63) is 0 Å². The molecule has 0 radical (unpaired) electrons. The first-order valence-electron chi connectivity index (χ1n) is 7.79. The zero-order valence-electron chi connectivity index (χ0n) is 12.8. The average Bonchev–Trinajstić information content (AvgIpc) is 2.33. The predicted molar refractivity (Wildman–Crippen MR) is 77.6 cm³/mol. The number of carbonyl (C=O) groups is 1. The van der Waals surface area contributed by atoms with Gasteiger partial charge in [0.15, 0.2) is 0 Å². The lowest BCUT2D eigenvalue weighted by atomic mass is 10.1. The number of carbonyl (C=O) groups excluding carboxylic acids is 1. The van der Waals surface area contributed by atoms with Gasteiger partial charge in [-0.05, 0) is 31.6 Å². The van der Waals surface area contributed by atoms with Crippen molar-refractivity contribution in [3.63, 3.8) is 0 Å². The van der Waals surface area contributed by atoms with Gasteiger partial charge in [-0.2, -0.15) is 0 Å². The minimum absolute atomic E-state index is 0.00195. The molecule has 0 aromatic heterocycles. The van der Waals surface area contributed by atoms with E-state index in [1.165, 1.54) is 25.7 Å². The van der Waals surface area contributed by atoms with Gasteiger partial charge < -0.3 is 4.74 Å². The molecule has 18 heavy (non-hydrogen) atoms. The predicted octanol–water partition coefficient (Wildman–Crippen LogP) is 5.10. The molecule has 0 amide bonds. The van der Waals surface area contributed by atoms with E-state index >= 15 is 0 Å². The number of hydrogen-bond donors (Lipinski definition) is 0. The van der Waals surface area contributed by atoms with E-state index in [4.69, 9.17) is 4.74 Å². The van der Waals surface area contributed by atoms with Gasteiger partial charge in [0.2, 0.25) is 0 Å². The smallest absolute Gasteiger partial charge is 0.306 e. The molecule has 0 aliphatic heterocycles. The van der Waals surface area contributed by atoms with Crippen LogP contribution >= 0.6 is 0 Å². The molecule has 2 heteroatoms. The molecular weight excluding hydrogens is 224 g/mol. The quantitative estimate of drug-likeness (QED) is 0.379. The molecule has 0 aliphatic carbocycles. The maximum Gasteiger partial charge on any atom is 0.306 e. The third-order valence-electron chi connectivity index (χ3n) is 3.30. The molecule has 0 N–H and O–H groups in total. The summed E-state index contributed by atoms with van der Waals surface area (Å²) in [5.41, 5.74) is 0. The maximum absolute atomic E-state index is 11.7. The Morgan fingerprint density at radius 1 is 1.00 bits per heavy atom. The number of ether oxygens (including phenoxy) is 1. The Balaban J connectivity index is 3.62. The van der Waals surface area contributed by atoms with Crippen molar-refractivity contribution >= 4 is 5.97 Å². The van der Waals surface area contributed by atoms with Crippen LogP contribution < -0.4 is 0 Å². The highest BCUT2D eigenvalue weighted by Crippen LogP contribution is 2.13. The molecule has 0 saturated carbocycles. The van der Waals surface area contributed by atoms with Gasteiger partial charge in [-0.3, -0.25) is 4.79 Å². The Labute approximate surface area is 113 Å². The Hall–Kier alpha value is -0.530. The summed E-state index contributed by atoms with van der Waals surface area (Å²) in [6.07, 6.45) is 9.68. The monoisotopic (exact) mass is 256 g/mol. The highest BCUT2D eigenvalue weighted by atomic mass is 16.5. The Bertz CT molecular complexity index is 199. The molecule has 1 atom stereocenters. The lowest BCUT2D eigenvalue weighted by Gasteiger charge is -2.16. The molecule has 0 aromatic rings. The summed E-state index contributed by atoms with van der Waals surface area (Å²) < 4.78 is 5.51. The lowest BCUT2D eigenvalue weighted by Crippen LogP contribution is -2.17. The van der Waals surface area contributed by atoms with Gasteiger partial charge in [-0.25, -0.2) is 0 Å². The van der Waals surface area contributed by atoms with Crippen LogP contribution in [0.15, 0.2) is 0 Å². The van der Waals surface area contributed by atoms with Gasteiger partial charge in [0.25, 0.3) is 0 Å². The molecular formula is C16H32O2. The zero-order valence-corrected chi connectivity index (χ0v) is 12.8. The van der Waals surface area contributed by atoms with Crippen molar-refractivity contribution < 1.29 is 9.53 Å². The summed E-state index contributed by atoms with van der Waals surface area (Å²) in [4.78, 5) is 11.7. The molecule has 0 bridgehead atoms. The summed E-state index contributed by atoms with van der Waals surface area (Å²) in [6.45, 7) is 8.74. The summed E-state index contributed by atoms with van der Waals surface area (Å²) in [5, 5.41) is 0. The average molecular weight is 256 g/mol. The van der Waals surface area contributed by atoms with Crippen LogP contribution in [0.1, 0.15) is 85.5 Å². The first-order valence-corrected chi connectivity index (χ1v) is 7.79. The number of hydrogen-bond acceptors (Lipinski definition) is 2. The van der Waals surface area contributed by atoms with Gasteiger partial charge in [-0.15, -0.1) is 0 Å². The van der Waals surface area contributed by atoms with Crippen molar-refractivity contribution in [3.8, 4) is 0 Å². The fourth-order valence-corrected chi connectivity index (χ4v) is 2.04. The van der Waals surface area contributed by atoms with Crippen molar-refractivity contribution in [2.75, 3.05) is 0 Å². The summed E-state index contributed by atoms with van der Waals surface area (Å²) >= 11 is 0. The van der Waals surface area contributed by atoms with Gasteiger partial charge in [0, 0.05) is 6.42 Å². The highest BCUT2D eigenvalue weighted by Gasteiger charge is 2.11. The van der Waals surface area contributed by atoms with Crippen molar-refractivity contribution in [2.45, 2.75) is 91.6 Å². The second-order valence-corrected chi connectivity index (χ2v) is 5.66. The standard InChI is InChI=1S/C16H32O2/c1-5-7-8-12-15(6-2)18-16(17)13-10-9-11-14(3)4/h14-15H,5-13H2,1-4H3. The van der Waals surface area contributed by atoms with Crippen LogP contribution in [0.3, 0.4) is 0 Å². The number of esters is 1. The fourth-order valence-electron chi connectivity index (χ4n) is 2.04. The second kappa shape index (κ2) is 11.6. The van der Waals surface area contributed by atoms with Crippen LogP contribution in [0.25, 0.3) is 0 Å². The molecule has 0 spiro atoms. The minimum Gasteiger partial charge on any atom is -0.462 e. The van der Waals surface area contributed by atoms with Crippen LogP contribution in [0.4, 0.5) is 0 Å². The molecule has 0 aliphatic rings. The maximum atomic E-state index is 11.7. The third-order valence-corrected chi connectivity index (χ3v) is 3.30. The van der Waals surface area contributed by atoms with Crippen LogP contribution in [0, 0.1) is 5.92 Å². The molecule has 0 fully saturated rings. The molecule has 2 nitrogen and oxygen atoms in total. The minimum atomic E-state index is 0.00195. The van der Waals surface area contributed by atoms with Gasteiger partial charge in [0.05, 0.1) is 0 Å². The summed E-state index contributed by atoms with van der Waals surface area (Å²) in [7, 11) is 0. The van der Waals surface area contributed by atoms with E-state index in [1.807, 2.05) is 0 Å². The number of unbranched alkanes of at least 4 members (excludes halogenated alkanes) is 3. The van der Waals surface area contributed by atoms with E-state index in [9.17, 15) is 4.79 Å². The largest absolute Gasteiger partial charge is 0.462 e. The summed E-state index contributed by atoms with van der Waals surface area (Å²) in [5.74, 6) is 0.737. The van der Waals surface area contributed by atoms with Crippen LogP contribution in [0.5, 0.6) is 0 Å². The summed E-state index contributed by atoms with van der Waals surface area (Å²) in [6, 6.07) is 0. The van der Waals surface area contributed by atoms with Crippen LogP contribution in [0.2, 0.25) is 0 Å². The van der Waals surface area contributed by atoms with Crippen molar-refractivity contribution in [1.29, 1.82) is 0 Å². The molecule has 0 rings (SSSR count). The molecule has 1 unspecified atom stereocenters. The van der Waals surface area contributed by atoms with E-state index in [1.54, 1.807) is 0 Å². The van der Waals surface area contributed by atoms with E-state index in [-0.39, 0.29) is 12.1 Å². The Kier molecular flexibility index (Phi) is 11.2. The SMILES string of the molecule is CCCCCC(CC)OC(=O)CCCCC(C)C. The van der Waals surface area contributed by atoms with E-state index in [0.29, 0.717) is 6.42 Å². The Morgan fingerprint density at radius 2 is 1.67 bits per heavy atom. The molecule has 0 heterocycles. The molecule has 0 aromatic carbocycles. The van der Waals surface area contributed by atoms with E-state index in [0.717, 1.165) is 31.6 Å². The first kappa shape index (κ1) is 17.5. The topological polar surface area (TPSA) is 26.3 Å². The first-order chi connectivity index (χ1) is 8.60. The third kappa shape index (κ3) is 10.6.